The lowest BCUT2D eigenvalue weighted by molar-refractivity contribution is -0.154. The van der Waals surface area contributed by atoms with Gasteiger partial charge in [0.05, 0.1) is 0 Å². The smallest absolute Gasteiger partial charge is 0.306 e. The Morgan fingerprint density at radius 1 is 1.21 bits per heavy atom. The summed E-state index contributed by atoms with van der Waals surface area (Å²) >= 11 is 0. The van der Waals surface area contributed by atoms with Crippen molar-refractivity contribution in [3.63, 3.8) is 0 Å². The number of carbonyl (C=O) groups is 2. The van der Waals surface area contributed by atoms with Gasteiger partial charge in [-0.05, 0) is 32.9 Å². The Labute approximate surface area is 117 Å². The molecule has 0 aromatic heterocycles. The molecule has 0 amide bonds. The fourth-order valence-electron chi connectivity index (χ4n) is 1.80. The van der Waals surface area contributed by atoms with E-state index >= 15 is 0 Å². The number of ether oxygens (including phenoxy) is 1. The average Bonchev–Trinajstić information content (AvgIpc) is 2.38. The maximum Gasteiger partial charge on any atom is 0.306 e. The van der Waals surface area contributed by atoms with Crippen molar-refractivity contribution in [2.45, 2.75) is 65.4 Å². The van der Waals surface area contributed by atoms with Gasteiger partial charge in [0.25, 0.3) is 0 Å². The molecule has 1 N–H and O–H groups in total. The number of hydrogen-bond acceptors (Lipinski definition) is 4. The first-order valence-corrected chi connectivity index (χ1v) is 7.35. The highest BCUT2D eigenvalue weighted by Gasteiger charge is 2.18. The number of carbonyl (C=O) groups excluding carboxylic acids is 2. The van der Waals surface area contributed by atoms with E-state index in [-0.39, 0.29) is 11.8 Å². The largest absolute Gasteiger partial charge is 0.454 e. The molecule has 2 atom stereocenters. The first kappa shape index (κ1) is 18.1. The van der Waals surface area contributed by atoms with E-state index in [1.165, 1.54) is 13.3 Å². The van der Waals surface area contributed by atoms with Crippen LogP contribution in [0.1, 0.15) is 59.3 Å². The molecule has 0 rings (SSSR count). The van der Waals surface area contributed by atoms with Crippen LogP contribution in [0.25, 0.3) is 0 Å². The SMILES string of the molecule is CC[C@H](C)CCCCC(=O)O[C@@H](CCNC)C(C)=O. The van der Waals surface area contributed by atoms with Gasteiger partial charge in [0.2, 0.25) is 0 Å². The van der Waals surface area contributed by atoms with Crippen LogP contribution in [0.4, 0.5) is 0 Å². The highest BCUT2D eigenvalue weighted by Crippen LogP contribution is 2.13. The lowest BCUT2D eigenvalue weighted by Crippen LogP contribution is -2.28. The van der Waals surface area contributed by atoms with Gasteiger partial charge in [-0.25, -0.2) is 0 Å². The molecular formula is C15H29NO3. The third-order valence-corrected chi connectivity index (χ3v) is 3.41. The van der Waals surface area contributed by atoms with Crippen LogP contribution < -0.4 is 5.32 Å². The molecule has 0 fully saturated rings. The second-order valence-electron chi connectivity index (χ2n) is 5.24. The van der Waals surface area contributed by atoms with Gasteiger partial charge < -0.3 is 10.1 Å². The van der Waals surface area contributed by atoms with Crippen molar-refractivity contribution in [3.8, 4) is 0 Å². The van der Waals surface area contributed by atoms with Gasteiger partial charge in [-0.3, -0.25) is 9.59 Å². The van der Waals surface area contributed by atoms with Crippen molar-refractivity contribution in [2.24, 2.45) is 5.92 Å². The summed E-state index contributed by atoms with van der Waals surface area (Å²) in [5.41, 5.74) is 0. The third-order valence-electron chi connectivity index (χ3n) is 3.41. The number of ketones is 1. The molecular weight excluding hydrogens is 242 g/mol. The normalized spacial score (nSPS) is 13.9. The highest BCUT2D eigenvalue weighted by molar-refractivity contribution is 5.83. The minimum absolute atomic E-state index is 0.0804. The monoisotopic (exact) mass is 271 g/mol. The number of Topliss-reactive ketones (excluding diaryl/α,β-unsaturated/α-hetero) is 1. The first-order chi connectivity index (χ1) is 9.01. The molecule has 4 heteroatoms. The van der Waals surface area contributed by atoms with E-state index in [2.05, 4.69) is 19.2 Å². The molecule has 0 saturated heterocycles. The number of hydrogen-bond donors (Lipinski definition) is 1. The molecule has 19 heavy (non-hydrogen) atoms. The van der Waals surface area contributed by atoms with Crippen molar-refractivity contribution in [3.05, 3.63) is 0 Å². The predicted molar refractivity (Wildman–Crippen MR) is 77.0 cm³/mol. The maximum absolute atomic E-state index is 11.6. The predicted octanol–water partition coefficient (Wildman–Crippen LogP) is 2.70. The van der Waals surface area contributed by atoms with E-state index in [0.717, 1.165) is 25.2 Å². The van der Waals surface area contributed by atoms with Gasteiger partial charge >= 0.3 is 5.97 Å². The molecule has 0 aliphatic rings. The molecule has 0 bridgehead atoms. The number of unbranched alkanes of at least 4 members (excludes halogenated alkanes) is 1. The Balaban J connectivity index is 3.83. The summed E-state index contributed by atoms with van der Waals surface area (Å²) < 4.78 is 5.22. The quantitative estimate of drug-likeness (QED) is 0.464. The van der Waals surface area contributed by atoms with Gasteiger partial charge in [-0.2, -0.15) is 0 Å². The molecule has 0 aliphatic heterocycles. The van der Waals surface area contributed by atoms with Gasteiger partial charge in [-0.1, -0.05) is 33.1 Å². The molecule has 0 spiro atoms. The van der Waals surface area contributed by atoms with E-state index in [1.807, 2.05) is 7.05 Å². The van der Waals surface area contributed by atoms with Crippen molar-refractivity contribution in [1.82, 2.24) is 5.32 Å². The van der Waals surface area contributed by atoms with E-state index in [1.54, 1.807) is 0 Å². The van der Waals surface area contributed by atoms with E-state index in [9.17, 15) is 9.59 Å². The summed E-state index contributed by atoms with van der Waals surface area (Å²) in [6, 6.07) is 0. The van der Waals surface area contributed by atoms with Crippen LogP contribution in [-0.4, -0.2) is 31.4 Å². The van der Waals surface area contributed by atoms with Crippen LogP contribution in [0.3, 0.4) is 0 Å². The maximum atomic E-state index is 11.6. The Kier molecular flexibility index (Phi) is 10.5. The van der Waals surface area contributed by atoms with Crippen molar-refractivity contribution in [2.75, 3.05) is 13.6 Å². The first-order valence-electron chi connectivity index (χ1n) is 7.35. The Hall–Kier alpha value is -0.900. The lowest BCUT2D eigenvalue weighted by atomic mass is 10.0. The zero-order valence-corrected chi connectivity index (χ0v) is 12.8. The Morgan fingerprint density at radius 3 is 2.42 bits per heavy atom. The summed E-state index contributed by atoms with van der Waals surface area (Å²) in [5.74, 6) is 0.389. The second-order valence-corrected chi connectivity index (χ2v) is 5.24. The average molecular weight is 271 g/mol. The zero-order valence-electron chi connectivity index (χ0n) is 12.8. The fraction of sp³-hybridized carbons (Fsp3) is 0.867. The molecule has 0 aromatic rings. The summed E-state index contributed by atoms with van der Waals surface area (Å²) in [6.45, 7) is 6.54. The standard InChI is InChI=1S/C15H29NO3/c1-5-12(2)8-6-7-9-15(18)19-14(13(3)17)10-11-16-4/h12,14,16H,5-11H2,1-4H3/t12-,14-/m0/s1. The molecule has 0 unspecified atom stereocenters. The van der Waals surface area contributed by atoms with Gasteiger partial charge in [-0.15, -0.1) is 0 Å². The fourth-order valence-corrected chi connectivity index (χ4v) is 1.80. The molecule has 112 valence electrons. The van der Waals surface area contributed by atoms with Crippen LogP contribution >= 0.6 is 0 Å². The van der Waals surface area contributed by atoms with Crippen LogP contribution in [-0.2, 0) is 14.3 Å². The van der Waals surface area contributed by atoms with E-state index < -0.39 is 6.10 Å². The highest BCUT2D eigenvalue weighted by atomic mass is 16.5. The molecule has 0 aromatic carbocycles. The van der Waals surface area contributed by atoms with E-state index in [4.69, 9.17) is 4.74 Å². The Morgan fingerprint density at radius 2 is 1.89 bits per heavy atom. The van der Waals surface area contributed by atoms with Crippen LogP contribution in [0.2, 0.25) is 0 Å². The van der Waals surface area contributed by atoms with Gasteiger partial charge in [0.1, 0.15) is 0 Å². The minimum Gasteiger partial charge on any atom is -0.454 e. The molecule has 0 radical (unpaired) electrons. The number of nitrogens with one attached hydrogen (secondary N) is 1. The number of esters is 1. The zero-order chi connectivity index (χ0) is 14.7. The molecule has 4 nitrogen and oxygen atoms in total. The van der Waals surface area contributed by atoms with Crippen LogP contribution in [0.15, 0.2) is 0 Å². The summed E-state index contributed by atoms with van der Waals surface area (Å²) in [6.07, 6.45) is 4.60. The van der Waals surface area contributed by atoms with Gasteiger partial charge in [0, 0.05) is 12.8 Å². The Bertz CT molecular complexity index is 266. The summed E-state index contributed by atoms with van der Waals surface area (Å²) in [4.78, 5) is 23.0. The van der Waals surface area contributed by atoms with Crippen molar-refractivity contribution < 1.29 is 14.3 Å². The van der Waals surface area contributed by atoms with Crippen molar-refractivity contribution >= 4 is 11.8 Å². The summed E-state index contributed by atoms with van der Waals surface area (Å²) in [5, 5.41) is 2.95. The molecule has 0 heterocycles. The number of rotatable bonds is 11. The lowest BCUT2D eigenvalue weighted by Gasteiger charge is -2.15. The third kappa shape index (κ3) is 9.65. The van der Waals surface area contributed by atoms with E-state index in [0.29, 0.717) is 19.4 Å². The molecule has 0 saturated carbocycles. The second kappa shape index (κ2) is 11.0. The topological polar surface area (TPSA) is 55.4 Å². The molecule has 0 aliphatic carbocycles. The minimum atomic E-state index is -0.588. The van der Waals surface area contributed by atoms with Crippen LogP contribution in [0.5, 0.6) is 0 Å². The van der Waals surface area contributed by atoms with Crippen LogP contribution in [0, 0.1) is 5.92 Å². The van der Waals surface area contributed by atoms with Crippen molar-refractivity contribution in [1.29, 1.82) is 0 Å². The van der Waals surface area contributed by atoms with Gasteiger partial charge in [0.15, 0.2) is 11.9 Å². The summed E-state index contributed by atoms with van der Waals surface area (Å²) in [7, 11) is 1.81.